The Morgan fingerprint density at radius 1 is 0.968 bits per heavy atom. The van der Waals surface area contributed by atoms with Gasteiger partial charge in [0.2, 0.25) is 5.91 Å². The fraction of sp³-hybridized carbons (Fsp3) is 0.0400. The molecule has 0 atom stereocenters. The lowest BCUT2D eigenvalue weighted by Gasteiger charge is -2.05. The SMILES string of the molecule is Nc1ccccc1NC(=O)/C=C/c1ccc(-c2ncc(CNc3ccccc3)s2)cc1. The Bertz CT molecular complexity index is 1180. The molecule has 1 aromatic heterocycles. The molecule has 0 fully saturated rings. The minimum atomic E-state index is -0.225. The van der Waals surface area contributed by atoms with Gasteiger partial charge >= 0.3 is 0 Å². The topological polar surface area (TPSA) is 80.0 Å². The first-order valence-corrected chi connectivity index (χ1v) is 10.7. The Labute approximate surface area is 185 Å². The number of carbonyl (C=O) groups is 1. The quantitative estimate of drug-likeness (QED) is 0.263. The van der Waals surface area contributed by atoms with E-state index < -0.39 is 0 Å². The molecule has 0 saturated carbocycles. The summed E-state index contributed by atoms with van der Waals surface area (Å²) in [7, 11) is 0. The number of hydrogen-bond acceptors (Lipinski definition) is 5. The lowest BCUT2D eigenvalue weighted by Crippen LogP contribution is -2.09. The van der Waals surface area contributed by atoms with Crippen molar-refractivity contribution in [2.75, 3.05) is 16.4 Å². The molecule has 4 N–H and O–H groups in total. The number of carbonyl (C=O) groups excluding carboxylic acids is 1. The molecule has 1 amide bonds. The predicted octanol–water partition coefficient (Wildman–Crippen LogP) is 5.66. The van der Waals surface area contributed by atoms with E-state index in [1.165, 1.54) is 11.0 Å². The molecular weight excluding hydrogens is 404 g/mol. The number of rotatable bonds is 7. The largest absolute Gasteiger partial charge is 0.397 e. The fourth-order valence-corrected chi connectivity index (χ4v) is 3.82. The number of benzene rings is 3. The van der Waals surface area contributed by atoms with E-state index in [4.69, 9.17) is 5.73 Å². The number of aromatic nitrogens is 1. The molecular formula is C25H22N4OS. The van der Waals surface area contributed by atoms with Crippen molar-refractivity contribution in [3.05, 3.63) is 102 Å². The monoisotopic (exact) mass is 426 g/mol. The highest BCUT2D eigenvalue weighted by Crippen LogP contribution is 2.26. The zero-order valence-electron chi connectivity index (χ0n) is 16.8. The van der Waals surface area contributed by atoms with E-state index in [2.05, 4.69) is 15.6 Å². The molecule has 4 aromatic rings. The lowest BCUT2D eigenvalue weighted by atomic mass is 10.1. The molecule has 5 nitrogen and oxygen atoms in total. The van der Waals surface area contributed by atoms with Crippen molar-refractivity contribution >= 4 is 40.4 Å². The van der Waals surface area contributed by atoms with Crippen LogP contribution in [0.25, 0.3) is 16.6 Å². The summed E-state index contributed by atoms with van der Waals surface area (Å²) in [4.78, 5) is 17.8. The second-order valence-corrected chi connectivity index (χ2v) is 8.00. The van der Waals surface area contributed by atoms with Crippen LogP contribution in [-0.4, -0.2) is 10.9 Å². The maximum absolute atomic E-state index is 12.1. The molecule has 0 aliphatic heterocycles. The van der Waals surface area contributed by atoms with Crippen molar-refractivity contribution in [2.45, 2.75) is 6.54 Å². The van der Waals surface area contributed by atoms with Crippen molar-refractivity contribution in [1.29, 1.82) is 0 Å². The first kappa shape index (κ1) is 20.4. The van der Waals surface area contributed by atoms with E-state index >= 15 is 0 Å². The van der Waals surface area contributed by atoms with Crippen LogP contribution in [0.5, 0.6) is 0 Å². The Morgan fingerprint density at radius 2 is 1.71 bits per heavy atom. The summed E-state index contributed by atoms with van der Waals surface area (Å²) in [5, 5.41) is 7.15. The number of nitrogens with zero attached hydrogens (tertiary/aromatic N) is 1. The molecule has 154 valence electrons. The van der Waals surface area contributed by atoms with Crippen molar-refractivity contribution in [3.8, 4) is 10.6 Å². The van der Waals surface area contributed by atoms with Crippen LogP contribution < -0.4 is 16.4 Å². The first-order chi connectivity index (χ1) is 15.2. The summed E-state index contributed by atoms with van der Waals surface area (Å²) in [6.07, 6.45) is 5.18. The Kier molecular flexibility index (Phi) is 6.40. The van der Waals surface area contributed by atoms with Crippen LogP contribution in [0.1, 0.15) is 10.4 Å². The van der Waals surface area contributed by atoms with Gasteiger partial charge in [0, 0.05) is 28.4 Å². The number of para-hydroxylation sites is 3. The van der Waals surface area contributed by atoms with Crippen LogP contribution in [0.3, 0.4) is 0 Å². The van der Waals surface area contributed by atoms with Gasteiger partial charge in [0.25, 0.3) is 0 Å². The van der Waals surface area contributed by atoms with Crippen molar-refractivity contribution in [1.82, 2.24) is 4.98 Å². The third kappa shape index (κ3) is 5.58. The highest BCUT2D eigenvalue weighted by molar-refractivity contribution is 7.15. The normalized spacial score (nSPS) is 10.8. The van der Waals surface area contributed by atoms with Gasteiger partial charge in [-0.3, -0.25) is 4.79 Å². The van der Waals surface area contributed by atoms with E-state index in [9.17, 15) is 4.79 Å². The number of amides is 1. The summed E-state index contributed by atoms with van der Waals surface area (Å²) in [6.45, 7) is 0.740. The van der Waals surface area contributed by atoms with Crippen LogP contribution in [0.2, 0.25) is 0 Å². The molecule has 0 spiro atoms. The molecule has 0 aliphatic carbocycles. The van der Waals surface area contributed by atoms with Gasteiger partial charge in [-0.2, -0.15) is 0 Å². The number of nitrogen functional groups attached to an aromatic ring is 1. The molecule has 0 aliphatic rings. The maximum atomic E-state index is 12.1. The maximum Gasteiger partial charge on any atom is 0.248 e. The number of anilines is 3. The van der Waals surface area contributed by atoms with Crippen LogP contribution >= 0.6 is 11.3 Å². The molecule has 6 heteroatoms. The molecule has 0 radical (unpaired) electrons. The zero-order valence-corrected chi connectivity index (χ0v) is 17.6. The van der Waals surface area contributed by atoms with Crippen LogP contribution in [0.15, 0.2) is 91.1 Å². The van der Waals surface area contributed by atoms with Crippen LogP contribution in [0, 0.1) is 0 Å². The fourth-order valence-electron chi connectivity index (χ4n) is 2.96. The summed E-state index contributed by atoms with van der Waals surface area (Å²) in [5.41, 5.74) is 10.1. The minimum Gasteiger partial charge on any atom is -0.397 e. The lowest BCUT2D eigenvalue weighted by molar-refractivity contribution is -0.111. The summed E-state index contributed by atoms with van der Waals surface area (Å²) in [6, 6.07) is 25.3. The van der Waals surface area contributed by atoms with E-state index in [1.807, 2.05) is 72.9 Å². The van der Waals surface area contributed by atoms with E-state index in [-0.39, 0.29) is 5.91 Å². The number of hydrogen-bond donors (Lipinski definition) is 3. The minimum absolute atomic E-state index is 0.225. The van der Waals surface area contributed by atoms with Gasteiger partial charge in [0.05, 0.1) is 17.9 Å². The average Bonchev–Trinajstić information content (AvgIpc) is 3.28. The van der Waals surface area contributed by atoms with Crippen molar-refractivity contribution in [3.63, 3.8) is 0 Å². The van der Waals surface area contributed by atoms with Gasteiger partial charge in [-0.05, 0) is 35.9 Å². The van der Waals surface area contributed by atoms with E-state index in [1.54, 1.807) is 29.5 Å². The van der Waals surface area contributed by atoms with Crippen molar-refractivity contribution < 1.29 is 4.79 Å². The van der Waals surface area contributed by atoms with Gasteiger partial charge in [-0.15, -0.1) is 11.3 Å². The molecule has 3 aromatic carbocycles. The number of thiazole rings is 1. The number of nitrogens with two attached hydrogens (primary N) is 1. The molecule has 0 unspecified atom stereocenters. The molecule has 4 rings (SSSR count). The Hall–Kier alpha value is -3.90. The first-order valence-electron chi connectivity index (χ1n) is 9.85. The van der Waals surface area contributed by atoms with E-state index in [0.717, 1.165) is 28.4 Å². The number of nitrogens with one attached hydrogen (secondary N) is 2. The predicted molar refractivity (Wildman–Crippen MR) is 130 cm³/mol. The van der Waals surface area contributed by atoms with Crippen molar-refractivity contribution in [2.24, 2.45) is 0 Å². The smallest absolute Gasteiger partial charge is 0.248 e. The second kappa shape index (κ2) is 9.73. The van der Waals surface area contributed by atoms with Gasteiger partial charge < -0.3 is 16.4 Å². The highest BCUT2D eigenvalue weighted by Gasteiger charge is 2.05. The highest BCUT2D eigenvalue weighted by atomic mass is 32.1. The summed E-state index contributed by atoms with van der Waals surface area (Å²) >= 11 is 1.66. The molecule has 0 bridgehead atoms. The third-order valence-electron chi connectivity index (χ3n) is 4.60. The third-order valence-corrected chi connectivity index (χ3v) is 5.64. The molecule has 31 heavy (non-hydrogen) atoms. The van der Waals surface area contributed by atoms with Gasteiger partial charge in [-0.1, -0.05) is 54.6 Å². The molecule has 0 saturated heterocycles. The van der Waals surface area contributed by atoms with Crippen LogP contribution in [0.4, 0.5) is 17.1 Å². The van der Waals surface area contributed by atoms with Crippen LogP contribution in [-0.2, 0) is 11.3 Å². The summed E-state index contributed by atoms with van der Waals surface area (Å²) in [5.74, 6) is -0.225. The van der Waals surface area contributed by atoms with Gasteiger partial charge in [0.1, 0.15) is 5.01 Å². The average molecular weight is 427 g/mol. The standard InChI is InChI=1S/C25H22N4OS/c26-22-8-4-5-9-23(22)29-24(30)15-12-18-10-13-19(14-11-18)25-28-17-21(31-25)16-27-20-6-2-1-3-7-20/h1-15,17,27H,16,26H2,(H,29,30)/b15-12+. The van der Waals surface area contributed by atoms with E-state index in [0.29, 0.717) is 11.4 Å². The zero-order chi connectivity index (χ0) is 21.5. The Morgan fingerprint density at radius 3 is 2.48 bits per heavy atom. The second-order valence-electron chi connectivity index (χ2n) is 6.88. The van der Waals surface area contributed by atoms with Gasteiger partial charge in [0.15, 0.2) is 0 Å². The molecule has 1 heterocycles. The Balaban J connectivity index is 1.35. The summed E-state index contributed by atoms with van der Waals surface area (Å²) < 4.78 is 0. The van der Waals surface area contributed by atoms with Gasteiger partial charge in [-0.25, -0.2) is 4.98 Å².